The van der Waals surface area contributed by atoms with Gasteiger partial charge >= 0.3 is 0 Å². The van der Waals surface area contributed by atoms with Crippen molar-refractivity contribution in [2.45, 2.75) is 39.3 Å². The molecule has 0 aliphatic carbocycles. The van der Waals surface area contributed by atoms with Crippen molar-refractivity contribution < 1.29 is 0 Å². The van der Waals surface area contributed by atoms with Gasteiger partial charge in [0.1, 0.15) is 0 Å². The normalized spacial score (nSPS) is 13.0. The predicted molar refractivity (Wildman–Crippen MR) is 70.3 cm³/mol. The first-order valence-electron chi connectivity index (χ1n) is 6.26. The number of nitrogens with two attached hydrogens (primary N) is 1. The minimum absolute atomic E-state index is 0.631. The van der Waals surface area contributed by atoms with Gasteiger partial charge in [0.2, 0.25) is 0 Å². The third kappa shape index (κ3) is 4.33. The summed E-state index contributed by atoms with van der Waals surface area (Å²) >= 11 is 0. The van der Waals surface area contributed by atoms with E-state index < -0.39 is 0 Å². The highest BCUT2D eigenvalue weighted by Gasteiger charge is 2.11. The molecule has 1 atom stereocenters. The molecule has 0 radical (unpaired) electrons. The Morgan fingerprint density at radius 2 is 1.94 bits per heavy atom. The Labute approximate surface area is 99.5 Å². The highest BCUT2D eigenvalue weighted by atomic mass is 15.1. The summed E-state index contributed by atoms with van der Waals surface area (Å²) in [7, 11) is 0. The maximum atomic E-state index is 5.59. The molecule has 2 heteroatoms. The number of nitrogens with zero attached hydrogens (tertiary/aromatic N) is 1. The molecule has 16 heavy (non-hydrogen) atoms. The molecule has 0 heterocycles. The SMILES string of the molecule is CCC(C)N(CCCN)Cc1ccccc1. The molecule has 0 saturated carbocycles. The van der Waals surface area contributed by atoms with E-state index in [1.54, 1.807) is 0 Å². The first-order valence-corrected chi connectivity index (χ1v) is 6.26. The highest BCUT2D eigenvalue weighted by Crippen LogP contribution is 2.10. The van der Waals surface area contributed by atoms with Gasteiger partial charge in [-0.3, -0.25) is 4.90 Å². The Morgan fingerprint density at radius 3 is 2.50 bits per heavy atom. The maximum Gasteiger partial charge on any atom is 0.0236 e. The molecule has 0 aliphatic heterocycles. The molecule has 90 valence electrons. The summed E-state index contributed by atoms with van der Waals surface area (Å²) in [5.74, 6) is 0. The molecule has 0 amide bonds. The van der Waals surface area contributed by atoms with Crippen LogP contribution in [0.4, 0.5) is 0 Å². The van der Waals surface area contributed by atoms with Gasteiger partial charge in [0.05, 0.1) is 0 Å². The molecule has 0 fully saturated rings. The largest absolute Gasteiger partial charge is 0.330 e. The van der Waals surface area contributed by atoms with Crippen LogP contribution in [0.5, 0.6) is 0 Å². The first-order chi connectivity index (χ1) is 7.77. The van der Waals surface area contributed by atoms with Crippen LogP contribution in [0.25, 0.3) is 0 Å². The van der Waals surface area contributed by atoms with E-state index in [0.717, 1.165) is 26.1 Å². The van der Waals surface area contributed by atoms with E-state index in [9.17, 15) is 0 Å². The average molecular weight is 220 g/mol. The molecule has 0 saturated heterocycles. The molecule has 0 bridgehead atoms. The average Bonchev–Trinajstić information content (AvgIpc) is 2.34. The van der Waals surface area contributed by atoms with Crippen molar-refractivity contribution in [3.8, 4) is 0 Å². The van der Waals surface area contributed by atoms with Crippen molar-refractivity contribution in [3.63, 3.8) is 0 Å². The minimum atomic E-state index is 0.631. The lowest BCUT2D eigenvalue weighted by atomic mass is 10.1. The van der Waals surface area contributed by atoms with Crippen molar-refractivity contribution in [1.29, 1.82) is 0 Å². The topological polar surface area (TPSA) is 29.3 Å². The zero-order valence-electron chi connectivity index (χ0n) is 10.5. The molecule has 1 aromatic carbocycles. The molecule has 2 nitrogen and oxygen atoms in total. The Kier molecular flexibility index (Phi) is 6.12. The fraction of sp³-hybridized carbons (Fsp3) is 0.571. The van der Waals surface area contributed by atoms with Crippen molar-refractivity contribution in [2.75, 3.05) is 13.1 Å². The Hall–Kier alpha value is -0.860. The smallest absolute Gasteiger partial charge is 0.0236 e. The van der Waals surface area contributed by atoms with Gasteiger partial charge in [-0.05, 0) is 38.4 Å². The quantitative estimate of drug-likeness (QED) is 0.765. The standard InChI is InChI=1S/C14H24N2/c1-3-13(2)16(11-7-10-15)12-14-8-5-4-6-9-14/h4-6,8-9,13H,3,7,10-12,15H2,1-2H3. The van der Waals surface area contributed by atoms with Gasteiger partial charge in [-0.1, -0.05) is 37.3 Å². The summed E-state index contributed by atoms with van der Waals surface area (Å²) in [5, 5.41) is 0. The van der Waals surface area contributed by atoms with E-state index in [0.29, 0.717) is 6.04 Å². The van der Waals surface area contributed by atoms with Crippen LogP contribution in [0.1, 0.15) is 32.3 Å². The zero-order valence-corrected chi connectivity index (χ0v) is 10.5. The summed E-state index contributed by atoms with van der Waals surface area (Å²) in [6.45, 7) is 7.45. The van der Waals surface area contributed by atoms with Crippen LogP contribution in [-0.4, -0.2) is 24.0 Å². The molecule has 0 aliphatic rings. The van der Waals surface area contributed by atoms with Crippen molar-refractivity contribution >= 4 is 0 Å². The van der Waals surface area contributed by atoms with Crippen LogP contribution < -0.4 is 5.73 Å². The van der Waals surface area contributed by atoms with E-state index in [2.05, 4.69) is 49.1 Å². The van der Waals surface area contributed by atoms with E-state index >= 15 is 0 Å². The third-order valence-electron chi connectivity index (χ3n) is 3.09. The fourth-order valence-electron chi connectivity index (χ4n) is 1.83. The second-order valence-electron chi connectivity index (χ2n) is 4.36. The highest BCUT2D eigenvalue weighted by molar-refractivity contribution is 5.14. The van der Waals surface area contributed by atoms with Gasteiger partial charge in [-0.25, -0.2) is 0 Å². The van der Waals surface area contributed by atoms with Crippen LogP contribution in [0.3, 0.4) is 0 Å². The van der Waals surface area contributed by atoms with Crippen LogP contribution >= 0.6 is 0 Å². The van der Waals surface area contributed by atoms with Gasteiger partial charge in [0, 0.05) is 12.6 Å². The lowest BCUT2D eigenvalue weighted by molar-refractivity contribution is 0.194. The molecule has 0 aromatic heterocycles. The number of hydrogen-bond acceptors (Lipinski definition) is 2. The number of rotatable bonds is 7. The van der Waals surface area contributed by atoms with E-state index in [-0.39, 0.29) is 0 Å². The molecular weight excluding hydrogens is 196 g/mol. The maximum absolute atomic E-state index is 5.59. The second kappa shape index (κ2) is 7.42. The molecule has 1 unspecified atom stereocenters. The van der Waals surface area contributed by atoms with Gasteiger partial charge in [-0.15, -0.1) is 0 Å². The van der Waals surface area contributed by atoms with Crippen LogP contribution in [0.15, 0.2) is 30.3 Å². The van der Waals surface area contributed by atoms with E-state index in [4.69, 9.17) is 5.73 Å². The van der Waals surface area contributed by atoms with Crippen molar-refractivity contribution in [1.82, 2.24) is 4.90 Å². The Bertz CT molecular complexity index is 271. The second-order valence-corrected chi connectivity index (χ2v) is 4.36. The number of benzene rings is 1. The van der Waals surface area contributed by atoms with Crippen molar-refractivity contribution in [2.24, 2.45) is 5.73 Å². The predicted octanol–water partition coefficient (Wildman–Crippen LogP) is 2.64. The summed E-state index contributed by atoms with van der Waals surface area (Å²) in [5.41, 5.74) is 6.97. The Balaban J connectivity index is 2.56. The van der Waals surface area contributed by atoms with E-state index in [1.165, 1.54) is 12.0 Å². The minimum Gasteiger partial charge on any atom is -0.330 e. The monoisotopic (exact) mass is 220 g/mol. The van der Waals surface area contributed by atoms with Crippen LogP contribution in [0, 0.1) is 0 Å². The lowest BCUT2D eigenvalue weighted by Crippen LogP contribution is -2.33. The van der Waals surface area contributed by atoms with Gasteiger partial charge in [0.25, 0.3) is 0 Å². The molecule has 0 spiro atoms. The fourth-order valence-corrected chi connectivity index (χ4v) is 1.83. The van der Waals surface area contributed by atoms with Crippen LogP contribution in [0.2, 0.25) is 0 Å². The summed E-state index contributed by atoms with van der Waals surface area (Å²) in [4.78, 5) is 2.52. The van der Waals surface area contributed by atoms with Crippen molar-refractivity contribution in [3.05, 3.63) is 35.9 Å². The summed E-state index contributed by atoms with van der Waals surface area (Å²) < 4.78 is 0. The van der Waals surface area contributed by atoms with Gasteiger partial charge < -0.3 is 5.73 Å². The third-order valence-corrected chi connectivity index (χ3v) is 3.09. The first kappa shape index (κ1) is 13.2. The molecule has 1 aromatic rings. The summed E-state index contributed by atoms with van der Waals surface area (Å²) in [6.07, 6.45) is 2.27. The van der Waals surface area contributed by atoms with Gasteiger partial charge in [0.15, 0.2) is 0 Å². The summed E-state index contributed by atoms with van der Waals surface area (Å²) in [6, 6.07) is 11.3. The van der Waals surface area contributed by atoms with Gasteiger partial charge in [-0.2, -0.15) is 0 Å². The molecule has 2 N–H and O–H groups in total. The molecular formula is C14H24N2. The van der Waals surface area contributed by atoms with E-state index in [1.807, 2.05) is 0 Å². The molecule has 1 rings (SSSR count). The Morgan fingerprint density at radius 1 is 1.25 bits per heavy atom. The van der Waals surface area contributed by atoms with Crippen LogP contribution in [-0.2, 0) is 6.54 Å². The number of hydrogen-bond donors (Lipinski definition) is 1. The zero-order chi connectivity index (χ0) is 11.8. The lowest BCUT2D eigenvalue weighted by Gasteiger charge is -2.28.